The van der Waals surface area contributed by atoms with Crippen molar-refractivity contribution < 1.29 is 14.2 Å². The number of nitrogens with two attached hydrogens (primary N) is 1. The highest BCUT2D eigenvalue weighted by Crippen LogP contribution is 2.25. The van der Waals surface area contributed by atoms with Gasteiger partial charge in [0.05, 0.1) is 20.3 Å². The van der Waals surface area contributed by atoms with Crippen molar-refractivity contribution in [1.82, 2.24) is 4.90 Å². The highest BCUT2D eigenvalue weighted by molar-refractivity contribution is 5.41. The topological polar surface area (TPSA) is 57.0 Å². The quantitative estimate of drug-likeness (QED) is 0.804. The minimum Gasteiger partial charge on any atom is -0.497 e. The maximum Gasteiger partial charge on any atom is 0.126 e. The van der Waals surface area contributed by atoms with Crippen molar-refractivity contribution in [2.75, 3.05) is 53.1 Å². The van der Waals surface area contributed by atoms with Crippen molar-refractivity contribution in [2.45, 2.75) is 6.42 Å². The number of benzene rings is 1. The summed E-state index contributed by atoms with van der Waals surface area (Å²) in [5.74, 6) is 1.69. The van der Waals surface area contributed by atoms with Crippen LogP contribution in [0, 0.1) is 0 Å². The smallest absolute Gasteiger partial charge is 0.126 e. The molecule has 2 rings (SSSR count). The van der Waals surface area contributed by atoms with Crippen LogP contribution in [0.25, 0.3) is 0 Å². The molecule has 1 aliphatic rings. The lowest BCUT2D eigenvalue weighted by molar-refractivity contribution is 0.0322. The van der Waals surface area contributed by atoms with Gasteiger partial charge in [-0.2, -0.15) is 0 Å². The van der Waals surface area contributed by atoms with Crippen LogP contribution < -0.4 is 15.2 Å². The van der Waals surface area contributed by atoms with Gasteiger partial charge in [-0.25, -0.2) is 0 Å². The van der Waals surface area contributed by atoms with Crippen molar-refractivity contribution in [2.24, 2.45) is 5.73 Å². The molecule has 1 aromatic rings. The average Bonchev–Trinajstić information content (AvgIpc) is 2.50. The normalized spacial score (nSPS) is 16.1. The third-order valence-corrected chi connectivity index (χ3v) is 3.46. The van der Waals surface area contributed by atoms with Gasteiger partial charge in [0.1, 0.15) is 18.1 Å². The van der Waals surface area contributed by atoms with E-state index in [0.29, 0.717) is 13.2 Å². The predicted molar refractivity (Wildman–Crippen MR) is 78.5 cm³/mol. The number of rotatable bonds is 7. The molecule has 1 heterocycles. The van der Waals surface area contributed by atoms with E-state index in [0.717, 1.165) is 56.3 Å². The molecular formula is C15H24N2O3. The number of hydrogen-bond donors (Lipinski definition) is 1. The fourth-order valence-electron chi connectivity index (χ4n) is 2.27. The Morgan fingerprint density at radius 3 is 2.80 bits per heavy atom. The Bertz CT molecular complexity index is 406. The molecule has 0 saturated carbocycles. The van der Waals surface area contributed by atoms with Crippen LogP contribution in [0.3, 0.4) is 0 Å². The molecule has 0 atom stereocenters. The molecule has 20 heavy (non-hydrogen) atoms. The lowest BCUT2D eigenvalue weighted by Gasteiger charge is -2.26. The maximum absolute atomic E-state index is 5.92. The summed E-state index contributed by atoms with van der Waals surface area (Å²) in [5.41, 5.74) is 6.77. The molecule has 0 aliphatic carbocycles. The summed E-state index contributed by atoms with van der Waals surface area (Å²) in [5, 5.41) is 0. The van der Waals surface area contributed by atoms with Crippen molar-refractivity contribution in [3.05, 3.63) is 23.8 Å². The third-order valence-electron chi connectivity index (χ3n) is 3.46. The van der Waals surface area contributed by atoms with Crippen LogP contribution >= 0.6 is 0 Å². The number of hydrogen-bond acceptors (Lipinski definition) is 5. The fourth-order valence-corrected chi connectivity index (χ4v) is 2.27. The van der Waals surface area contributed by atoms with Gasteiger partial charge in [-0.1, -0.05) is 6.07 Å². The molecule has 1 saturated heterocycles. The zero-order valence-electron chi connectivity index (χ0n) is 12.1. The van der Waals surface area contributed by atoms with Crippen LogP contribution in [0.1, 0.15) is 5.56 Å². The summed E-state index contributed by atoms with van der Waals surface area (Å²) in [4.78, 5) is 2.35. The van der Waals surface area contributed by atoms with Gasteiger partial charge in [0.25, 0.3) is 0 Å². The van der Waals surface area contributed by atoms with Crippen LogP contribution in [0.2, 0.25) is 0 Å². The second-order valence-electron chi connectivity index (χ2n) is 4.81. The molecule has 0 spiro atoms. The van der Waals surface area contributed by atoms with E-state index in [1.54, 1.807) is 7.11 Å². The fraction of sp³-hybridized carbons (Fsp3) is 0.600. The number of nitrogens with zero attached hydrogens (tertiary/aromatic N) is 1. The molecule has 1 aromatic carbocycles. The van der Waals surface area contributed by atoms with Crippen molar-refractivity contribution in [3.8, 4) is 11.5 Å². The molecule has 0 unspecified atom stereocenters. The summed E-state index contributed by atoms with van der Waals surface area (Å²) >= 11 is 0. The number of ether oxygens (including phenoxy) is 3. The molecule has 0 amide bonds. The molecule has 1 aliphatic heterocycles. The first-order valence-corrected chi connectivity index (χ1v) is 7.13. The van der Waals surface area contributed by atoms with Gasteiger partial charge in [-0.3, -0.25) is 4.90 Å². The number of methoxy groups -OCH3 is 1. The summed E-state index contributed by atoms with van der Waals surface area (Å²) in [6.45, 7) is 5.81. The molecule has 0 radical (unpaired) electrons. The minimum absolute atomic E-state index is 0.617. The lowest BCUT2D eigenvalue weighted by Crippen LogP contribution is -2.38. The monoisotopic (exact) mass is 280 g/mol. The first kappa shape index (κ1) is 15.1. The zero-order valence-corrected chi connectivity index (χ0v) is 12.1. The Balaban J connectivity index is 1.89. The standard InChI is InChI=1S/C15H24N2O3/c1-18-14-3-2-13(4-5-16)15(12-14)20-11-8-17-6-9-19-10-7-17/h2-3,12H,4-11,16H2,1H3. The highest BCUT2D eigenvalue weighted by atomic mass is 16.5. The molecule has 5 heteroatoms. The Labute approximate surface area is 120 Å². The third kappa shape index (κ3) is 4.37. The van der Waals surface area contributed by atoms with Crippen molar-refractivity contribution in [1.29, 1.82) is 0 Å². The van der Waals surface area contributed by atoms with Crippen LogP contribution in [-0.2, 0) is 11.2 Å². The zero-order chi connectivity index (χ0) is 14.2. The first-order chi connectivity index (χ1) is 9.83. The second kappa shape index (κ2) is 8.09. The van der Waals surface area contributed by atoms with Gasteiger partial charge in [0, 0.05) is 25.7 Å². The van der Waals surface area contributed by atoms with Gasteiger partial charge in [0.15, 0.2) is 0 Å². The van der Waals surface area contributed by atoms with E-state index >= 15 is 0 Å². The molecular weight excluding hydrogens is 256 g/mol. The van der Waals surface area contributed by atoms with E-state index < -0.39 is 0 Å². The Kier molecular flexibility index (Phi) is 6.11. The lowest BCUT2D eigenvalue weighted by atomic mass is 10.1. The largest absolute Gasteiger partial charge is 0.497 e. The molecule has 112 valence electrons. The second-order valence-corrected chi connectivity index (χ2v) is 4.81. The van der Waals surface area contributed by atoms with E-state index in [1.165, 1.54) is 0 Å². The van der Waals surface area contributed by atoms with Crippen molar-refractivity contribution >= 4 is 0 Å². The van der Waals surface area contributed by atoms with E-state index in [-0.39, 0.29) is 0 Å². The van der Waals surface area contributed by atoms with Crippen LogP contribution in [0.4, 0.5) is 0 Å². The maximum atomic E-state index is 5.92. The highest BCUT2D eigenvalue weighted by Gasteiger charge is 2.11. The van der Waals surface area contributed by atoms with Gasteiger partial charge in [-0.15, -0.1) is 0 Å². The van der Waals surface area contributed by atoms with Gasteiger partial charge < -0.3 is 19.9 Å². The van der Waals surface area contributed by atoms with Crippen molar-refractivity contribution in [3.63, 3.8) is 0 Å². The average molecular weight is 280 g/mol. The molecule has 1 fully saturated rings. The van der Waals surface area contributed by atoms with E-state index in [2.05, 4.69) is 4.90 Å². The molecule has 0 aromatic heterocycles. The van der Waals surface area contributed by atoms with E-state index in [1.807, 2.05) is 18.2 Å². The molecule has 5 nitrogen and oxygen atoms in total. The van der Waals surface area contributed by atoms with Gasteiger partial charge in [-0.05, 0) is 24.6 Å². The first-order valence-electron chi connectivity index (χ1n) is 7.13. The minimum atomic E-state index is 0.617. The summed E-state index contributed by atoms with van der Waals surface area (Å²) < 4.78 is 16.5. The van der Waals surface area contributed by atoms with Crippen LogP contribution in [-0.4, -0.2) is 58.0 Å². The SMILES string of the molecule is COc1ccc(CCN)c(OCCN2CCOCC2)c1. The van der Waals surface area contributed by atoms with E-state index in [4.69, 9.17) is 19.9 Å². The Morgan fingerprint density at radius 2 is 2.10 bits per heavy atom. The Hall–Kier alpha value is -1.30. The Morgan fingerprint density at radius 1 is 1.30 bits per heavy atom. The van der Waals surface area contributed by atoms with E-state index in [9.17, 15) is 0 Å². The summed E-state index contributed by atoms with van der Waals surface area (Å²) in [6.07, 6.45) is 0.816. The van der Waals surface area contributed by atoms with Crippen LogP contribution in [0.15, 0.2) is 18.2 Å². The summed E-state index contributed by atoms with van der Waals surface area (Å²) in [6, 6.07) is 5.90. The summed E-state index contributed by atoms with van der Waals surface area (Å²) in [7, 11) is 1.66. The van der Waals surface area contributed by atoms with Crippen LogP contribution in [0.5, 0.6) is 11.5 Å². The van der Waals surface area contributed by atoms with Gasteiger partial charge >= 0.3 is 0 Å². The van der Waals surface area contributed by atoms with Gasteiger partial charge in [0.2, 0.25) is 0 Å². The number of morpholine rings is 1. The predicted octanol–water partition coefficient (Wildman–Crippen LogP) is 0.907. The molecule has 0 bridgehead atoms. The molecule has 2 N–H and O–H groups in total.